The minimum absolute atomic E-state index is 0.0116. The second kappa shape index (κ2) is 3.98. The molecule has 0 saturated heterocycles. The Hall–Kier alpha value is -1.42. The number of rotatable bonds is 2. The predicted octanol–water partition coefficient (Wildman–Crippen LogP) is 2.41. The van der Waals surface area contributed by atoms with Gasteiger partial charge in [0.05, 0.1) is 12.5 Å². The minimum atomic E-state index is -0.0116. The Labute approximate surface area is 95.9 Å². The quantitative estimate of drug-likeness (QED) is 0.781. The minimum Gasteiger partial charge on any atom is -0.331 e. The molecule has 0 fully saturated rings. The maximum atomic E-state index is 12.0. The molecule has 0 aliphatic heterocycles. The van der Waals surface area contributed by atoms with Gasteiger partial charge < -0.3 is 4.57 Å². The Balaban J connectivity index is 2.37. The number of benzene rings is 1. The van der Waals surface area contributed by atoms with Gasteiger partial charge in [-0.05, 0) is 24.3 Å². The Morgan fingerprint density at radius 2 is 2.00 bits per heavy atom. The van der Waals surface area contributed by atoms with E-state index in [1.165, 1.54) is 0 Å². The van der Waals surface area contributed by atoms with E-state index in [1.807, 2.05) is 12.1 Å². The highest BCUT2D eigenvalue weighted by atomic mass is 79.9. The molecule has 2 rings (SSSR count). The van der Waals surface area contributed by atoms with Gasteiger partial charge in [-0.25, -0.2) is 4.98 Å². The average molecular weight is 265 g/mol. The molecule has 0 N–H and O–H groups in total. The largest absolute Gasteiger partial charge is 0.331 e. The van der Waals surface area contributed by atoms with Gasteiger partial charge in [0.25, 0.3) is 0 Å². The highest BCUT2D eigenvalue weighted by molar-refractivity contribution is 9.10. The molecule has 0 saturated carbocycles. The van der Waals surface area contributed by atoms with Crippen molar-refractivity contribution in [3.8, 4) is 0 Å². The summed E-state index contributed by atoms with van der Waals surface area (Å²) in [7, 11) is 1.80. The molecule has 0 unspecified atom stereocenters. The summed E-state index contributed by atoms with van der Waals surface area (Å²) in [6.07, 6.45) is 3.19. The number of aromatic nitrogens is 2. The Bertz CT molecular complexity index is 488. The van der Waals surface area contributed by atoms with Crippen LogP contribution in [0.2, 0.25) is 0 Å². The normalized spacial score (nSPS) is 10.3. The molecule has 2 aromatic rings. The lowest BCUT2D eigenvalue weighted by Crippen LogP contribution is -2.06. The van der Waals surface area contributed by atoms with Crippen LogP contribution in [0.1, 0.15) is 16.1 Å². The van der Waals surface area contributed by atoms with E-state index >= 15 is 0 Å². The van der Waals surface area contributed by atoms with Gasteiger partial charge >= 0.3 is 0 Å². The second-order valence-electron chi connectivity index (χ2n) is 3.23. The van der Waals surface area contributed by atoms with Crippen LogP contribution in [0.3, 0.4) is 0 Å². The van der Waals surface area contributed by atoms with Crippen LogP contribution in [0, 0.1) is 0 Å². The van der Waals surface area contributed by atoms with Crippen LogP contribution >= 0.6 is 15.9 Å². The van der Waals surface area contributed by atoms with Crippen molar-refractivity contribution in [2.45, 2.75) is 0 Å². The van der Waals surface area contributed by atoms with Crippen LogP contribution < -0.4 is 0 Å². The molecule has 1 aromatic carbocycles. The maximum absolute atomic E-state index is 12.0. The van der Waals surface area contributed by atoms with Crippen molar-refractivity contribution in [1.29, 1.82) is 0 Å². The number of ketones is 1. The maximum Gasteiger partial charge on any atom is 0.210 e. The highest BCUT2D eigenvalue weighted by Crippen LogP contribution is 2.13. The van der Waals surface area contributed by atoms with Crippen molar-refractivity contribution in [2.75, 3.05) is 0 Å². The summed E-state index contributed by atoms with van der Waals surface area (Å²) >= 11 is 3.33. The van der Waals surface area contributed by atoms with E-state index in [9.17, 15) is 4.79 Å². The summed E-state index contributed by atoms with van der Waals surface area (Å²) in [6.45, 7) is 0. The fourth-order valence-corrected chi connectivity index (χ4v) is 1.59. The van der Waals surface area contributed by atoms with E-state index in [4.69, 9.17) is 0 Å². The monoisotopic (exact) mass is 264 g/mol. The van der Waals surface area contributed by atoms with Gasteiger partial charge in [0.15, 0.2) is 0 Å². The molecule has 0 bridgehead atoms. The van der Waals surface area contributed by atoms with Crippen molar-refractivity contribution in [1.82, 2.24) is 9.55 Å². The number of hydrogen-bond donors (Lipinski definition) is 0. The molecule has 1 aromatic heterocycles. The smallest absolute Gasteiger partial charge is 0.210 e. The average Bonchev–Trinajstić information content (AvgIpc) is 2.65. The predicted molar refractivity (Wildman–Crippen MR) is 60.8 cm³/mol. The van der Waals surface area contributed by atoms with Gasteiger partial charge in [-0.2, -0.15) is 0 Å². The highest BCUT2D eigenvalue weighted by Gasteiger charge is 2.11. The molecule has 76 valence electrons. The summed E-state index contributed by atoms with van der Waals surface area (Å²) < 4.78 is 2.67. The first-order chi connectivity index (χ1) is 7.18. The Morgan fingerprint density at radius 3 is 2.53 bits per heavy atom. The summed E-state index contributed by atoms with van der Waals surface area (Å²) in [5.41, 5.74) is 1.26. The zero-order valence-electron chi connectivity index (χ0n) is 8.14. The van der Waals surface area contributed by atoms with Gasteiger partial charge in [0.1, 0.15) is 5.69 Å². The number of nitrogens with zero attached hydrogens (tertiary/aromatic N) is 2. The molecule has 0 amide bonds. The first-order valence-electron chi connectivity index (χ1n) is 4.45. The summed E-state index contributed by atoms with van der Waals surface area (Å²) in [5.74, 6) is -0.0116. The third-order valence-corrected chi connectivity index (χ3v) is 2.68. The third-order valence-electron chi connectivity index (χ3n) is 2.16. The molecule has 0 atom stereocenters. The van der Waals surface area contributed by atoms with Gasteiger partial charge in [0, 0.05) is 17.1 Å². The van der Waals surface area contributed by atoms with E-state index < -0.39 is 0 Å². The lowest BCUT2D eigenvalue weighted by molar-refractivity contribution is 0.103. The van der Waals surface area contributed by atoms with Crippen LogP contribution in [0.15, 0.2) is 41.3 Å². The van der Waals surface area contributed by atoms with Crippen LogP contribution in [0.4, 0.5) is 0 Å². The molecule has 15 heavy (non-hydrogen) atoms. The number of imidazole rings is 1. The SMILES string of the molecule is Cn1cncc1C(=O)c1ccc(Br)cc1. The van der Waals surface area contributed by atoms with Gasteiger partial charge in [-0.15, -0.1) is 0 Å². The summed E-state index contributed by atoms with van der Waals surface area (Å²) in [5, 5.41) is 0. The molecule has 0 aliphatic rings. The molecule has 0 spiro atoms. The molecule has 4 heteroatoms. The van der Waals surface area contributed by atoms with E-state index in [2.05, 4.69) is 20.9 Å². The number of carbonyl (C=O) groups is 1. The van der Waals surface area contributed by atoms with Crippen molar-refractivity contribution < 1.29 is 4.79 Å². The van der Waals surface area contributed by atoms with Crippen molar-refractivity contribution >= 4 is 21.7 Å². The fraction of sp³-hybridized carbons (Fsp3) is 0.0909. The lowest BCUT2D eigenvalue weighted by Gasteiger charge is -2.01. The van der Waals surface area contributed by atoms with Gasteiger partial charge in [-0.3, -0.25) is 4.79 Å². The summed E-state index contributed by atoms with van der Waals surface area (Å²) in [4.78, 5) is 15.9. The lowest BCUT2D eigenvalue weighted by atomic mass is 10.1. The Kier molecular flexibility index (Phi) is 2.68. The van der Waals surface area contributed by atoms with Gasteiger partial charge in [-0.1, -0.05) is 15.9 Å². The molecule has 1 heterocycles. The van der Waals surface area contributed by atoms with Crippen LogP contribution in [0.5, 0.6) is 0 Å². The van der Waals surface area contributed by atoms with Crippen LogP contribution in [-0.2, 0) is 7.05 Å². The number of carbonyl (C=O) groups excluding carboxylic acids is 1. The summed E-state index contributed by atoms with van der Waals surface area (Å²) in [6, 6.07) is 7.28. The topological polar surface area (TPSA) is 34.9 Å². The van der Waals surface area contributed by atoms with Crippen LogP contribution in [0.25, 0.3) is 0 Å². The van der Waals surface area contributed by atoms with E-state index in [1.54, 1.807) is 36.3 Å². The molecule has 0 aliphatic carbocycles. The first kappa shape index (κ1) is 10.1. The molecule has 3 nitrogen and oxygen atoms in total. The zero-order chi connectivity index (χ0) is 10.8. The van der Waals surface area contributed by atoms with Crippen molar-refractivity contribution in [3.05, 3.63) is 52.5 Å². The first-order valence-corrected chi connectivity index (χ1v) is 5.24. The van der Waals surface area contributed by atoms with E-state index in [-0.39, 0.29) is 5.78 Å². The van der Waals surface area contributed by atoms with Crippen molar-refractivity contribution in [2.24, 2.45) is 7.05 Å². The fourth-order valence-electron chi connectivity index (χ4n) is 1.33. The standard InChI is InChI=1S/C11H9BrN2O/c1-14-7-13-6-10(14)11(15)8-2-4-9(12)5-3-8/h2-7H,1H3. The number of halogens is 1. The molecular weight excluding hydrogens is 256 g/mol. The molecular formula is C11H9BrN2O. The third kappa shape index (κ3) is 1.99. The van der Waals surface area contributed by atoms with Crippen LogP contribution in [-0.4, -0.2) is 15.3 Å². The second-order valence-corrected chi connectivity index (χ2v) is 4.14. The Morgan fingerprint density at radius 1 is 1.33 bits per heavy atom. The molecule has 0 radical (unpaired) electrons. The van der Waals surface area contributed by atoms with E-state index in [0.29, 0.717) is 11.3 Å². The van der Waals surface area contributed by atoms with E-state index in [0.717, 1.165) is 4.47 Å². The van der Waals surface area contributed by atoms with Gasteiger partial charge in [0.2, 0.25) is 5.78 Å². The van der Waals surface area contributed by atoms with Crippen molar-refractivity contribution in [3.63, 3.8) is 0 Å². The number of hydrogen-bond acceptors (Lipinski definition) is 2. The zero-order valence-corrected chi connectivity index (χ0v) is 9.73. The number of aryl methyl sites for hydroxylation is 1.